The lowest BCUT2D eigenvalue weighted by molar-refractivity contribution is 0.0688. The Balaban J connectivity index is 1.31. The van der Waals surface area contributed by atoms with Gasteiger partial charge < -0.3 is 14.9 Å². The molecular formula is C19H31N3O2. The SMILES string of the molecule is Cc1cc(C[C@@H]2CN(C3CCC4(CCNCC4)CC3)C[C@@H]2O)on1. The van der Waals surface area contributed by atoms with E-state index in [1.54, 1.807) is 0 Å². The molecule has 1 aliphatic carbocycles. The quantitative estimate of drug-likeness (QED) is 0.887. The Kier molecular flexibility index (Phi) is 4.67. The van der Waals surface area contributed by atoms with Gasteiger partial charge >= 0.3 is 0 Å². The first-order valence-electron chi connectivity index (χ1n) is 9.69. The molecule has 3 heterocycles. The van der Waals surface area contributed by atoms with Gasteiger partial charge in [-0.3, -0.25) is 4.90 Å². The Morgan fingerprint density at radius 1 is 1.25 bits per heavy atom. The van der Waals surface area contributed by atoms with E-state index in [1.165, 1.54) is 51.6 Å². The van der Waals surface area contributed by atoms with Crippen LogP contribution in [-0.4, -0.2) is 53.5 Å². The zero-order valence-corrected chi connectivity index (χ0v) is 14.8. The van der Waals surface area contributed by atoms with Crippen LogP contribution in [0.3, 0.4) is 0 Å². The summed E-state index contributed by atoms with van der Waals surface area (Å²) in [4.78, 5) is 2.55. The van der Waals surface area contributed by atoms with Gasteiger partial charge in [-0.2, -0.15) is 0 Å². The number of piperidine rings is 1. The number of aliphatic hydroxyl groups excluding tert-OH is 1. The van der Waals surface area contributed by atoms with Gasteiger partial charge in [-0.15, -0.1) is 0 Å². The minimum absolute atomic E-state index is 0.231. The summed E-state index contributed by atoms with van der Waals surface area (Å²) >= 11 is 0. The standard InChI is InChI=1S/C19H31N3O2/c1-14-10-17(24-21-14)11-15-12-22(13-18(15)23)16-2-4-19(5-3-16)6-8-20-9-7-19/h10,15-16,18,20,23H,2-9,11-13H2,1H3/t15-,18+/m1/s1. The van der Waals surface area contributed by atoms with E-state index in [1.807, 2.05) is 13.0 Å². The molecule has 24 heavy (non-hydrogen) atoms. The van der Waals surface area contributed by atoms with Crippen LogP contribution < -0.4 is 5.32 Å². The summed E-state index contributed by atoms with van der Waals surface area (Å²) in [7, 11) is 0. The average molecular weight is 333 g/mol. The molecule has 5 nitrogen and oxygen atoms in total. The molecule has 0 bridgehead atoms. The van der Waals surface area contributed by atoms with Crippen LogP contribution in [0.4, 0.5) is 0 Å². The first-order chi connectivity index (χ1) is 11.6. The Labute approximate surface area is 144 Å². The van der Waals surface area contributed by atoms with Gasteiger partial charge in [0, 0.05) is 37.5 Å². The van der Waals surface area contributed by atoms with Crippen LogP contribution in [0.1, 0.15) is 50.0 Å². The molecule has 1 aromatic rings. The summed E-state index contributed by atoms with van der Waals surface area (Å²) in [5.74, 6) is 1.20. The van der Waals surface area contributed by atoms with Crippen LogP contribution in [0.15, 0.2) is 10.6 Å². The highest BCUT2D eigenvalue weighted by Gasteiger charge is 2.41. The Morgan fingerprint density at radius 3 is 2.67 bits per heavy atom. The van der Waals surface area contributed by atoms with Gasteiger partial charge in [0.05, 0.1) is 11.8 Å². The zero-order chi connectivity index (χ0) is 16.6. The number of nitrogens with zero attached hydrogens (tertiary/aromatic N) is 2. The van der Waals surface area contributed by atoms with Crippen molar-refractivity contribution in [3.05, 3.63) is 17.5 Å². The van der Waals surface area contributed by atoms with Crippen LogP contribution in [0.25, 0.3) is 0 Å². The minimum atomic E-state index is -0.231. The Morgan fingerprint density at radius 2 is 2.00 bits per heavy atom. The van der Waals surface area contributed by atoms with Crippen LogP contribution in [-0.2, 0) is 6.42 Å². The number of rotatable bonds is 3. The van der Waals surface area contributed by atoms with E-state index >= 15 is 0 Å². The van der Waals surface area contributed by atoms with Gasteiger partial charge in [0.2, 0.25) is 0 Å². The maximum atomic E-state index is 10.5. The van der Waals surface area contributed by atoms with E-state index < -0.39 is 0 Å². The third-order valence-electron chi connectivity index (χ3n) is 6.77. The van der Waals surface area contributed by atoms with Crippen molar-refractivity contribution in [1.82, 2.24) is 15.4 Å². The van der Waals surface area contributed by atoms with Crippen LogP contribution >= 0.6 is 0 Å². The normalized spacial score (nSPS) is 31.8. The van der Waals surface area contributed by atoms with Gasteiger partial charge in [-0.1, -0.05) is 5.16 Å². The second-order valence-electron chi connectivity index (χ2n) is 8.40. The minimum Gasteiger partial charge on any atom is -0.391 e. The highest BCUT2D eigenvalue weighted by Crippen LogP contribution is 2.45. The van der Waals surface area contributed by atoms with Crippen molar-refractivity contribution in [3.8, 4) is 0 Å². The van der Waals surface area contributed by atoms with Crippen molar-refractivity contribution in [2.75, 3.05) is 26.2 Å². The lowest BCUT2D eigenvalue weighted by atomic mass is 9.67. The molecule has 0 radical (unpaired) electrons. The number of aryl methyl sites for hydroxylation is 1. The second kappa shape index (κ2) is 6.77. The van der Waals surface area contributed by atoms with Crippen LogP contribution in [0.5, 0.6) is 0 Å². The predicted octanol–water partition coefficient (Wildman–Crippen LogP) is 2.13. The summed E-state index contributed by atoms with van der Waals surface area (Å²) in [6.07, 6.45) is 8.65. The van der Waals surface area contributed by atoms with E-state index in [0.29, 0.717) is 11.5 Å². The fourth-order valence-corrected chi connectivity index (χ4v) is 5.19. The highest BCUT2D eigenvalue weighted by atomic mass is 16.5. The van der Waals surface area contributed by atoms with Gasteiger partial charge in [-0.25, -0.2) is 0 Å². The lowest BCUT2D eigenvalue weighted by Crippen LogP contribution is -2.44. The molecule has 1 spiro atoms. The third kappa shape index (κ3) is 3.39. The molecule has 2 aliphatic heterocycles. The Hall–Kier alpha value is -0.910. The van der Waals surface area contributed by atoms with Crippen LogP contribution in [0.2, 0.25) is 0 Å². The van der Waals surface area contributed by atoms with Gasteiger partial charge in [0.1, 0.15) is 5.76 Å². The monoisotopic (exact) mass is 333 g/mol. The van der Waals surface area contributed by atoms with Gasteiger partial charge in [0.15, 0.2) is 0 Å². The van der Waals surface area contributed by atoms with E-state index in [9.17, 15) is 5.11 Å². The first-order valence-corrected chi connectivity index (χ1v) is 9.69. The summed E-state index contributed by atoms with van der Waals surface area (Å²) < 4.78 is 5.34. The van der Waals surface area contributed by atoms with E-state index in [0.717, 1.165) is 31.0 Å². The molecule has 134 valence electrons. The average Bonchev–Trinajstić information content (AvgIpc) is 3.15. The van der Waals surface area contributed by atoms with Crippen molar-refractivity contribution >= 4 is 0 Å². The van der Waals surface area contributed by atoms with Gasteiger partial charge in [0.25, 0.3) is 0 Å². The molecule has 3 aliphatic rings. The van der Waals surface area contributed by atoms with E-state index in [4.69, 9.17) is 4.52 Å². The third-order valence-corrected chi connectivity index (χ3v) is 6.77. The number of likely N-dealkylation sites (tertiary alicyclic amines) is 1. The molecule has 4 rings (SSSR count). The van der Waals surface area contributed by atoms with Crippen LogP contribution in [0, 0.1) is 18.3 Å². The highest BCUT2D eigenvalue weighted by molar-refractivity contribution is 5.06. The van der Waals surface area contributed by atoms with Crippen molar-refractivity contribution < 1.29 is 9.63 Å². The summed E-state index contributed by atoms with van der Waals surface area (Å²) in [5, 5.41) is 18.0. The number of aromatic nitrogens is 1. The lowest BCUT2D eigenvalue weighted by Gasteiger charge is -2.45. The predicted molar refractivity (Wildman–Crippen MR) is 92.8 cm³/mol. The molecular weight excluding hydrogens is 302 g/mol. The molecule has 2 saturated heterocycles. The topological polar surface area (TPSA) is 61.5 Å². The van der Waals surface area contributed by atoms with Crippen molar-refractivity contribution in [2.45, 2.75) is 64.0 Å². The van der Waals surface area contributed by atoms with Crippen molar-refractivity contribution in [3.63, 3.8) is 0 Å². The molecule has 1 aromatic heterocycles. The summed E-state index contributed by atoms with van der Waals surface area (Å²) in [5.41, 5.74) is 1.55. The molecule has 5 heteroatoms. The second-order valence-corrected chi connectivity index (χ2v) is 8.40. The number of β-amino-alcohol motifs (C(OH)–C–C–N with tert-alkyl or cyclic N) is 1. The zero-order valence-electron chi connectivity index (χ0n) is 14.8. The van der Waals surface area contributed by atoms with E-state index in [2.05, 4.69) is 15.4 Å². The first kappa shape index (κ1) is 16.6. The molecule has 2 atom stereocenters. The fraction of sp³-hybridized carbons (Fsp3) is 0.842. The molecule has 0 amide bonds. The maximum absolute atomic E-state index is 10.5. The number of nitrogens with one attached hydrogen (secondary N) is 1. The number of hydrogen-bond donors (Lipinski definition) is 2. The van der Waals surface area contributed by atoms with Crippen molar-refractivity contribution in [1.29, 1.82) is 0 Å². The largest absolute Gasteiger partial charge is 0.391 e. The summed E-state index contributed by atoms with van der Waals surface area (Å²) in [6, 6.07) is 2.67. The molecule has 1 saturated carbocycles. The Bertz CT molecular complexity index is 543. The van der Waals surface area contributed by atoms with Crippen molar-refractivity contribution in [2.24, 2.45) is 11.3 Å². The molecule has 2 N–H and O–H groups in total. The van der Waals surface area contributed by atoms with E-state index in [-0.39, 0.29) is 12.0 Å². The summed E-state index contributed by atoms with van der Waals surface area (Å²) in [6.45, 7) is 6.18. The molecule has 0 unspecified atom stereocenters. The smallest absolute Gasteiger partial charge is 0.137 e. The maximum Gasteiger partial charge on any atom is 0.137 e. The number of hydrogen-bond acceptors (Lipinski definition) is 5. The molecule has 0 aromatic carbocycles. The fourth-order valence-electron chi connectivity index (χ4n) is 5.19. The van der Waals surface area contributed by atoms with Gasteiger partial charge in [-0.05, 0) is 64.0 Å². The number of aliphatic hydroxyl groups is 1. The molecule has 3 fully saturated rings.